The van der Waals surface area contributed by atoms with Gasteiger partial charge in [-0.15, -0.1) is 68.0 Å². The first-order chi connectivity index (χ1) is 63.7. The molecular formula is C100H103BrCl2N6O18S6. The largest absolute Gasteiger partial charge is 0.506 e. The number of carbonyl (C=O) groups excluding carboxylic acids is 9. The molecule has 133 heavy (non-hydrogen) atoms. The van der Waals surface area contributed by atoms with E-state index < -0.39 is 0 Å². The lowest BCUT2D eigenvalue weighted by molar-refractivity contribution is 0.0834. The maximum atomic E-state index is 12.8. The highest BCUT2D eigenvalue weighted by molar-refractivity contribution is 9.10. The lowest BCUT2D eigenvalue weighted by Crippen LogP contribution is -2.27. The van der Waals surface area contributed by atoms with Gasteiger partial charge in [0.15, 0.2) is 34.7 Å². The van der Waals surface area contributed by atoms with Crippen LogP contribution in [0.3, 0.4) is 0 Å². The summed E-state index contributed by atoms with van der Waals surface area (Å²) in [6.45, 7) is 15.6. The molecule has 10 N–H and O–H groups in total. The molecule has 0 aliphatic heterocycles. The minimum atomic E-state index is -0.226. The van der Waals surface area contributed by atoms with Crippen molar-refractivity contribution < 1.29 is 88.0 Å². The van der Waals surface area contributed by atoms with Crippen molar-refractivity contribution in [1.82, 2.24) is 16.0 Å². The van der Waals surface area contributed by atoms with E-state index in [1.807, 2.05) is 83.6 Å². The van der Waals surface area contributed by atoms with Crippen molar-refractivity contribution in [2.45, 2.75) is 92.4 Å². The molecule has 6 aromatic heterocycles. The van der Waals surface area contributed by atoms with Gasteiger partial charge in [-0.3, -0.25) is 53.1 Å². The zero-order valence-electron chi connectivity index (χ0n) is 74.2. The topological polar surface area (TPSA) is 387 Å². The van der Waals surface area contributed by atoms with Crippen molar-refractivity contribution in [3.63, 3.8) is 0 Å². The molecule has 12 rings (SSSR count). The molecule has 0 fully saturated rings. The fourth-order valence-electron chi connectivity index (χ4n) is 12.6. The summed E-state index contributed by atoms with van der Waals surface area (Å²) in [7, 11) is 0. The zero-order chi connectivity index (χ0) is 96.3. The second-order valence-electron chi connectivity index (χ2n) is 30.9. The summed E-state index contributed by atoms with van der Waals surface area (Å²) < 4.78 is 16.3. The van der Waals surface area contributed by atoms with Crippen LogP contribution in [0.2, 0.25) is 10.0 Å². The number of aliphatic hydroxyl groups excluding tert-OH is 3. The van der Waals surface area contributed by atoms with Gasteiger partial charge in [-0.25, -0.2) is 0 Å². The zero-order valence-corrected chi connectivity index (χ0v) is 82.2. The summed E-state index contributed by atoms with van der Waals surface area (Å²) in [5.41, 5.74) is 11.6. The fraction of sp³-hybridized carbons (Fsp3) is 0.280. The summed E-state index contributed by atoms with van der Waals surface area (Å²) in [6.07, 6.45) is 2.46. The molecular weight excluding hydrogens is 1920 g/mol. The van der Waals surface area contributed by atoms with E-state index in [0.29, 0.717) is 160 Å². The van der Waals surface area contributed by atoms with Gasteiger partial charge in [0.2, 0.25) is 0 Å². The predicted molar refractivity (Wildman–Crippen MR) is 537 cm³/mol. The molecule has 0 unspecified atom stereocenters. The highest BCUT2D eigenvalue weighted by atomic mass is 79.9. The second-order valence-corrected chi connectivity index (χ2v) is 38.5. The molecule has 0 aliphatic rings. The monoisotopic (exact) mass is 2020 g/mol. The number of aliphatic hydroxyl groups is 3. The number of Topliss-reactive ketones (excluding diaryl/α,β-unsaturated/α-hetero) is 6. The summed E-state index contributed by atoms with van der Waals surface area (Å²) in [4.78, 5) is 125. The van der Waals surface area contributed by atoms with Gasteiger partial charge in [0.1, 0.15) is 30.3 Å². The number of benzene rings is 6. The molecule has 0 atom stereocenters. The van der Waals surface area contributed by atoms with Gasteiger partial charge in [0.05, 0.1) is 113 Å². The summed E-state index contributed by atoms with van der Waals surface area (Å²) in [6, 6.07) is 52.3. The maximum Gasteiger partial charge on any atom is 0.251 e. The number of amides is 3. The van der Waals surface area contributed by atoms with Gasteiger partial charge in [0, 0.05) is 110 Å². The van der Waals surface area contributed by atoms with Crippen LogP contribution in [0.25, 0.3) is 31.3 Å². The van der Waals surface area contributed by atoms with Crippen molar-refractivity contribution in [3.05, 3.63) is 291 Å². The maximum absolute atomic E-state index is 12.8. The third-order valence-electron chi connectivity index (χ3n) is 20.1. The molecule has 6 heterocycles. The van der Waals surface area contributed by atoms with Crippen LogP contribution in [-0.2, 0) is 38.9 Å². The standard InChI is InChI=1S/C32H31BrN2O6S2.C32H30Cl2N2O6S2.C20H23NO5S.C16H19NOS/c1-20(25-19-42-31(30(25)39)22-7-9-24(33)10-8-22)35-18-27(38)29-13-12-28(43-29)26(37)11-4-21-2-5-23(6-3-21)32(40)34-14-16-41-17-15-36;1-19(23-18-43-31(30(23)40)22-7-8-24(33)25(34)16-22)36-17-27(39)29-11-10-28(44-29)26(38)9-4-20-2-5-21(6-3-20)32(41)35-12-14-42-15-13-37;1-14(23)18-8-9-19(27-18)17(24)7-4-15-2-5-16(6-3-15)20(25)21-10-12-26-13-11-22;1-10(17)13-9-19-15(14(13)18)11-5-7-12(8-6-11)16(2,3)4/h2-3,5-10,12-13,19,36,39H,4,11,14-18H2,1H3,(H,34,40);2-3,5-8,10-11,16,18,37,40H,4,9,12-15,17H2,1H3,(H,35,41);2-3,5-6,8-9,22H,4,7,10-13H2,1H3,(H,21,25);5-9,17-18H,1-4H3. The van der Waals surface area contributed by atoms with Crippen molar-refractivity contribution in [1.29, 1.82) is 5.41 Å². The molecule has 0 bridgehead atoms. The summed E-state index contributed by atoms with van der Waals surface area (Å²) in [5.74, 6) is -0.784. The van der Waals surface area contributed by atoms with Crippen molar-refractivity contribution in [2.75, 3.05) is 92.2 Å². The van der Waals surface area contributed by atoms with Crippen LogP contribution in [-0.4, -0.2) is 192 Å². The molecule has 698 valence electrons. The Morgan fingerprint density at radius 2 is 0.714 bits per heavy atom. The Balaban J connectivity index is 0.000000209. The number of hydrogen-bond donors (Lipinski definition) is 10. The van der Waals surface area contributed by atoms with Gasteiger partial charge >= 0.3 is 0 Å². The van der Waals surface area contributed by atoms with Crippen LogP contribution in [0.5, 0.6) is 17.2 Å². The molecule has 12 aromatic rings. The van der Waals surface area contributed by atoms with Crippen molar-refractivity contribution in [3.8, 4) is 48.6 Å². The molecule has 0 saturated carbocycles. The number of aryl methyl sites for hydroxylation is 3. The summed E-state index contributed by atoms with van der Waals surface area (Å²) in [5, 5.41) is 79.8. The number of hydrogen-bond acceptors (Lipinski definition) is 27. The van der Waals surface area contributed by atoms with Crippen molar-refractivity contribution in [2.24, 2.45) is 9.98 Å². The van der Waals surface area contributed by atoms with Gasteiger partial charge in [-0.05, 0) is 188 Å². The minimum Gasteiger partial charge on any atom is -0.506 e. The van der Waals surface area contributed by atoms with Gasteiger partial charge < -0.3 is 66.2 Å². The SMILES string of the molecule is CC(=N)c1csc(-c2ccc(C(C)(C)C)cc2)c1O.CC(=NCC(=O)c1ccc(C(=O)CCc2ccc(C(=O)NCCOCCO)cc2)s1)c1csc(-c2ccc(Br)cc2)c1O.CC(=NCC(=O)c1ccc(C(=O)CCc2ccc(C(=O)NCCOCCO)cc2)s1)c1csc(-c2ccc(Cl)c(Cl)c2)c1O.CC(=O)c1ccc(C(=O)CCc2ccc(C(=O)NCCOCCO)cc2)s1. The van der Waals surface area contributed by atoms with Crippen LogP contribution in [0.1, 0.15) is 196 Å². The molecule has 33 heteroatoms. The number of aliphatic imine (C=N–C) groups is 2. The Kier molecular flexibility index (Phi) is 42.4. The van der Waals surface area contributed by atoms with Gasteiger partial charge in [-0.2, -0.15) is 0 Å². The van der Waals surface area contributed by atoms with E-state index in [2.05, 4.69) is 74.8 Å². The van der Waals surface area contributed by atoms with E-state index >= 15 is 0 Å². The number of rotatable bonds is 43. The van der Waals surface area contributed by atoms with Crippen LogP contribution >= 0.6 is 107 Å². The molecule has 0 saturated heterocycles. The van der Waals surface area contributed by atoms with E-state index in [0.717, 1.165) is 70.3 Å². The van der Waals surface area contributed by atoms with E-state index in [1.165, 1.54) is 57.8 Å². The number of aromatic hydroxyl groups is 3. The minimum absolute atomic E-state index is 0.0113. The van der Waals surface area contributed by atoms with Crippen LogP contribution < -0.4 is 16.0 Å². The van der Waals surface area contributed by atoms with Crippen molar-refractivity contribution >= 4 is 177 Å². The second kappa shape index (κ2) is 53.3. The molecule has 6 aromatic carbocycles. The third kappa shape index (κ3) is 32.5. The number of thiophene rings is 6. The summed E-state index contributed by atoms with van der Waals surface area (Å²) >= 11 is 23.3. The number of ketones is 6. The van der Waals surface area contributed by atoms with Crippen LogP contribution in [0.4, 0.5) is 0 Å². The quantitative estimate of drug-likeness (QED) is 0.00964. The molecule has 3 amide bonds. The number of ether oxygens (including phenoxy) is 3. The normalized spacial score (nSPS) is 11.3. The Morgan fingerprint density at radius 1 is 0.398 bits per heavy atom. The highest BCUT2D eigenvalue weighted by Gasteiger charge is 2.24. The first-order valence-electron chi connectivity index (χ1n) is 42.2. The van der Waals surface area contributed by atoms with Gasteiger partial charge in [0.25, 0.3) is 17.7 Å². The average Bonchev–Trinajstić information content (AvgIpc) is 1.68. The molecule has 0 radical (unpaired) electrons. The predicted octanol–water partition coefficient (Wildman–Crippen LogP) is 20.2. The van der Waals surface area contributed by atoms with E-state index in [4.69, 9.17) is 58.1 Å². The Hall–Kier alpha value is -10.8. The van der Waals surface area contributed by atoms with Crippen LogP contribution in [0.15, 0.2) is 207 Å². The smallest absolute Gasteiger partial charge is 0.251 e. The van der Waals surface area contributed by atoms with Crippen LogP contribution in [0, 0.1) is 5.41 Å². The van der Waals surface area contributed by atoms with Gasteiger partial charge in [-0.1, -0.05) is 139 Å². The fourth-order valence-corrected chi connectivity index (χ4v) is 18.9. The number of carbonyl (C=O) groups is 9. The van der Waals surface area contributed by atoms with E-state index in [-0.39, 0.29) is 141 Å². The first kappa shape index (κ1) is 106. The molecule has 0 aliphatic carbocycles. The lowest BCUT2D eigenvalue weighted by atomic mass is 9.86. The average molecular weight is 2020 g/mol. The highest BCUT2D eigenvalue weighted by Crippen LogP contribution is 2.43. The van der Waals surface area contributed by atoms with E-state index in [1.54, 1.807) is 117 Å². The molecule has 24 nitrogen and oxygen atoms in total. The molecule has 0 spiro atoms. The Labute approximate surface area is 814 Å². The third-order valence-corrected chi connectivity index (χ3v) is 28.0. The number of nitrogens with one attached hydrogen (secondary N) is 4. The number of halogens is 3. The van der Waals surface area contributed by atoms with E-state index in [9.17, 15) is 58.5 Å². The Bertz CT molecular complexity index is 6050. The first-order valence-corrected chi connectivity index (χ1v) is 48.8. The number of nitrogens with zero attached hydrogens (tertiary/aromatic N) is 2. The Morgan fingerprint density at radius 3 is 1.04 bits per heavy atom. The lowest BCUT2D eigenvalue weighted by Gasteiger charge is -2.19.